The van der Waals surface area contributed by atoms with Crippen LogP contribution < -0.4 is 0 Å². The quantitative estimate of drug-likeness (QED) is 0.746. The fraction of sp³-hybridized carbons (Fsp3) is 0.944. The summed E-state index contributed by atoms with van der Waals surface area (Å²) in [7, 11) is 0. The number of hydrogen-bond acceptors (Lipinski definition) is 3. The zero-order chi connectivity index (χ0) is 16.0. The highest BCUT2D eigenvalue weighted by Crippen LogP contribution is 2.44. The number of ether oxygens (including phenoxy) is 1. The molecule has 1 amide bonds. The smallest absolute Gasteiger partial charge is 0.219 e. The standard InChI is InChI=1S/C18H32N2O2/c1-14(21)19-10-6-16(7-11-19)20-12-9-18(4)15(13-20)5-8-17(2,3)22-18/h15-16H,5-13H2,1-4H3/t15-,18+/m0/s1. The number of piperidine rings is 2. The molecule has 0 aromatic heterocycles. The minimum atomic E-state index is 0.0419. The van der Waals surface area contributed by atoms with Crippen LogP contribution in [0.1, 0.15) is 59.8 Å². The molecule has 2 atom stereocenters. The molecule has 22 heavy (non-hydrogen) atoms. The van der Waals surface area contributed by atoms with Crippen molar-refractivity contribution in [1.82, 2.24) is 9.80 Å². The predicted molar refractivity (Wildman–Crippen MR) is 87.8 cm³/mol. The lowest BCUT2D eigenvalue weighted by molar-refractivity contribution is -0.217. The number of nitrogens with zero attached hydrogens (tertiary/aromatic N) is 2. The van der Waals surface area contributed by atoms with Gasteiger partial charge in [-0.1, -0.05) is 0 Å². The molecule has 0 aromatic carbocycles. The maximum absolute atomic E-state index is 11.5. The van der Waals surface area contributed by atoms with Crippen LogP contribution >= 0.6 is 0 Å². The molecule has 3 saturated heterocycles. The van der Waals surface area contributed by atoms with Gasteiger partial charge in [0.05, 0.1) is 11.2 Å². The third-order valence-corrected chi connectivity index (χ3v) is 6.24. The molecule has 3 heterocycles. The van der Waals surface area contributed by atoms with Crippen LogP contribution in [-0.4, -0.2) is 59.1 Å². The van der Waals surface area contributed by atoms with Gasteiger partial charge in [-0.2, -0.15) is 0 Å². The van der Waals surface area contributed by atoms with Crippen molar-refractivity contribution in [1.29, 1.82) is 0 Å². The molecular weight excluding hydrogens is 276 g/mol. The highest BCUT2D eigenvalue weighted by Gasteiger charge is 2.48. The molecule has 0 spiro atoms. The summed E-state index contributed by atoms with van der Waals surface area (Å²) < 4.78 is 6.47. The lowest BCUT2D eigenvalue weighted by Crippen LogP contribution is -2.60. The van der Waals surface area contributed by atoms with E-state index in [1.165, 1.54) is 19.4 Å². The average molecular weight is 308 g/mol. The number of hydrogen-bond donors (Lipinski definition) is 0. The van der Waals surface area contributed by atoms with Gasteiger partial charge in [0.25, 0.3) is 0 Å². The van der Waals surface area contributed by atoms with Gasteiger partial charge < -0.3 is 9.64 Å². The van der Waals surface area contributed by atoms with E-state index in [4.69, 9.17) is 4.74 Å². The Balaban J connectivity index is 1.58. The second kappa shape index (κ2) is 5.79. The monoisotopic (exact) mass is 308 g/mol. The highest BCUT2D eigenvalue weighted by molar-refractivity contribution is 5.73. The second-order valence-corrected chi connectivity index (χ2v) is 8.39. The van der Waals surface area contributed by atoms with Gasteiger partial charge in [-0.05, 0) is 52.9 Å². The Hall–Kier alpha value is -0.610. The van der Waals surface area contributed by atoms with E-state index in [0.717, 1.165) is 38.9 Å². The topological polar surface area (TPSA) is 32.8 Å². The minimum Gasteiger partial charge on any atom is -0.369 e. The molecule has 3 aliphatic rings. The summed E-state index contributed by atoms with van der Waals surface area (Å²) in [5.74, 6) is 0.896. The molecular formula is C18H32N2O2. The number of carbonyl (C=O) groups excluding carboxylic acids is 1. The third kappa shape index (κ3) is 3.18. The Morgan fingerprint density at radius 1 is 1.05 bits per heavy atom. The minimum absolute atomic E-state index is 0.0419. The Morgan fingerprint density at radius 2 is 1.73 bits per heavy atom. The van der Waals surface area contributed by atoms with Crippen molar-refractivity contribution in [3.63, 3.8) is 0 Å². The van der Waals surface area contributed by atoms with Gasteiger partial charge in [0, 0.05) is 45.1 Å². The van der Waals surface area contributed by atoms with Crippen molar-refractivity contribution < 1.29 is 9.53 Å². The first-order chi connectivity index (χ1) is 10.3. The van der Waals surface area contributed by atoms with Crippen molar-refractivity contribution >= 4 is 5.91 Å². The summed E-state index contributed by atoms with van der Waals surface area (Å²) in [6.45, 7) is 12.7. The van der Waals surface area contributed by atoms with Gasteiger partial charge >= 0.3 is 0 Å². The highest BCUT2D eigenvalue weighted by atomic mass is 16.5. The number of amides is 1. The van der Waals surface area contributed by atoms with E-state index < -0.39 is 0 Å². The van der Waals surface area contributed by atoms with Crippen molar-refractivity contribution in [2.45, 2.75) is 77.0 Å². The summed E-state index contributed by atoms with van der Waals surface area (Å²) in [4.78, 5) is 16.2. The molecule has 0 radical (unpaired) electrons. The van der Waals surface area contributed by atoms with E-state index in [1.807, 2.05) is 4.90 Å². The van der Waals surface area contributed by atoms with E-state index in [2.05, 4.69) is 25.7 Å². The van der Waals surface area contributed by atoms with Crippen molar-refractivity contribution in [3.05, 3.63) is 0 Å². The average Bonchev–Trinajstić information content (AvgIpc) is 2.45. The fourth-order valence-corrected chi connectivity index (χ4v) is 4.75. The molecule has 3 rings (SSSR count). The molecule has 4 nitrogen and oxygen atoms in total. The Labute approximate surface area is 135 Å². The zero-order valence-electron chi connectivity index (χ0n) is 14.7. The molecule has 126 valence electrons. The van der Waals surface area contributed by atoms with Gasteiger partial charge in [-0.25, -0.2) is 0 Å². The second-order valence-electron chi connectivity index (χ2n) is 8.39. The summed E-state index contributed by atoms with van der Waals surface area (Å²) in [6, 6.07) is 0.662. The number of likely N-dealkylation sites (tertiary alicyclic amines) is 2. The Morgan fingerprint density at radius 3 is 2.36 bits per heavy atom. The normalized spacial score (nSPS) is 36.9. The Kier molecular flexibility index (Phi) is 4.28. The van der Waals surface area contributed by atoms with Crippen LogP contribution in [0.15, 0.2) is 0 Å². The Bertz CT molecular complexity index is 429. The molecule has 0 aliphatic carbocycles. The van der Waals surface area contributed by atoms with Crippen LogP contribution in [0.2, 0.25) is 0 Å². The number of carbonyl (C=O) groups is 1. The predicted octanol–water partition coefficient (Wildman–Crippen LogP) is 2.67. The van der Waals surface area contributed by atoms with E-state index in [9.17, 15) is 4.79 Å². The van der Waals surface area contributed by atoms with Gasteiger partial charge in [-0.3, -0.25) is 9.69 Å². The van der Waals surface area contributed by atoms with Gasteiger partial charge in [-0.15, -0.1) is 0 Å². The van der Waals surface area contributed by atoms with Crippen molar-refractivity contribution in [2.24, 2.45) is 5.92 Å². The molecule has 0 unspecified atom stereocenters. The summed E-state index contributed by atoms with van der Waals surface area (Å²) in [5.41, 5.74) is 0.110. The molecule has 0 N–H and O–H groups in total. The van der Waals surface area contributed by atoms with Crippen LogP contribution in [0.4, 0.5) is 0 Å². The lowest BCUT2D eigenvalue weighted by atomic mass is 9.74. The van der Waals surface area contributed by atoms with Crippen LogP contribution in [-0.2, 0) is 9.53 Å². The molecule has 0 aromatic rings. The summed E-state index contributed by atoms with van der Waals surface area (Å²) >= 11 is 0. The maximum Gasteiger partial charge on any atom is 0.219 e. The molecule has 0 saturated carbocycles. The van der Waals surface area contributed by atoms with Crippen molar-refractivity contribution in [2.75, 3.05) is 26.2 Å². The van der Waals surface area contributed by atoms with Gasteiger partial charge in [0.15, 0.2) is 0 Å². The van der Waals surface area contributed by atoms with Crippen LogP contribution in [0.5, 0.6) is 0 Å². The zero-order valence-corrected chi connectivity index (χ0v) is 14.7. The number of rotatable bonds is 1. The molecule has 0 bridgehead atoms. The van der Waals surface area contributed by atoms with E-state index in [0.29, 0.717) is 12.0 Å². The van der Waals surface area contributed by atoms with Crippen molar-refractivity contribution in [3.8, 4) is 0 Å². The SMILES string of the molecule is CC(=O)N1CCC(N2CC[C@@]3(C)OC(C)(C)CC[C@H]3C2)CC1. The third-order valence-electron chi connectivity index (χ3n) is 6.24. The molecule has 4 heteroatoms. The number of fused-ring (bicyclic) bond motifs is 1. The summed E-state index contributed by atoms with van der Waals surface area (Å²) in [6.07, 6.45) is 5.87. The van der Waals surface area contributed by atoms with Crippen LogP contribution in [0.25, 0.3) is 0 Å². The van der Waals surface area contributed by atoms with Crippen LogP contribution in [0, 0.1) is 5.92 Å². The first kappa shape index (κ1) is 16.3. The van der Waals surface area contributed by atoms with E-state index in [-0.39, 0.29) is 17.1 Å². The molecule has 3 aliphatic heterocycles. The van der Waals surface area contributed by atoms with Gasteiger partial charge in [0.1, 0.15) is 0 Å². The van der Waals surface area contributed by atoms with E-state index in [1.54, 1.807) is 6.92 Å². The first-order valence-corrected chi connectivity index (χ1v) is 8.99. The van der Waals surface area contributed by atoms with Crippen LogP contribution in [0.3, 0.4) is 0 Å². The lowest BCUT2D eigenvalue weighted by Gasteiger charge is -2.55. The van der Waals surface area contributed by atoms with Gasteiger partial charge in [0.2, 0.25) is 5.91 Å². The first-order valence-electron chi connectivity index (χ1n) is 8.99. The summed E-state index contributed by atoms with van der Waals surface area (Å²) in [5, 5.41) is 0. The van der Waals surface area contributed by atoms with E-state index >= 15 is 0 Å². The fourth-order valence-electron chi connectivity index (χ4n) is 4.75. The maximum atomic E-state index is 11.5. The largest absolute Gasteiger partial charge is 0.369 e. The molecule has 3 fully saturated rings.